The van der Waals surface area contributed by atoms with E-state index in [9.17, 15) is 0 Å². The minimum absolute atomic E-state index is 0.534. The predicted octanol–water partition coefficient (Wildman–Crippen LogP) is 3.84. The fourth-order valence-corrected chi connectivity index (χ4v) is 3.66. The lowest BCUT2D eigenvalue weighted by Gasteiger charge is -2.23. The van der Waals surface area contributed by atoms with Crippen molar-refractivity contribution in [2.45, 2.75) is 43.5 Å². The molecule has 3 rings (SSSR count). The smallest absolute Gasteiger partial charge is 0.157 e. The molecule has 18 heavy (non-hydrogen) atoms. The van der Waals surface area contributed by atoms with Crippen LogP contribution in [0, 0.1) is 0 Å². The summed E-state index contributed by atoms with van der Waals surface area (Å²) in [6, 6.07) is 9.19. The highest BCUT2D eigenvalue weighted by atomic mass is 35.5. The van der Waals surface area contributed by atoms with Gasteiger partial charge in [-0.05, 0) is 30.5 Å². The van der Waals surface area contributed by atoms with Gasteiger partial charge in [-0.15, -0.1) is 0 Å². The van der Waals surface area contributed by atoms with E-state index in [1.807, 2.05) is 12.1 Å². The molecule has 2 atom stereocenters. The molecule has 1 aromatic carbocycles. The summed E-state index contributed by atoms with van der Waals surface area (Å²) in [6.45, 7) is 0. The van der Waals surface area contributed by atoms with Crippen molar-refractivity contribution < 1.29 is 0 Å². The van der Waals surface area contributed by atoms with Crippen molar-refractivity contribution in [3.05, 3.63) is 34.9 Å². The molecule has 1 aromatic rings. The molecular formula is C14H17ClN2S. The van der Waals surface area contributed by atoms with Crippen molar-refractivity contribution in [2.24, 2.45) is 4.99 Å². The third-order valence-corrected chi connectivity index (χ3v) is 4.84. The number of hydrogen-bond acceptors (Lipinski definition) is 3. The number of amidine groups is 1. The van der Waals surface area contributed by atoms with Crippen LogP contribution in [0.3, 0.4) is 0 Å². The van der Waals surface area contributed by atoms with Crippen LogP contribution in [0.2, 0.25) is 5.02 Å². The SMILES string of the molecule is Clc1ccc(CSC2=N[C@H]3CCCC[C@@H]3N2)cc1. The van der Waals surface area contributed by atoms with Crippen molar-refractivity contribution in [1.82, 2.24) is 5.32 Å². The second kappa shape index (κ2) is 5.54. The van der Waals surface area contributed by atoms with Gasteiger partial charge in [0.15, 0.2) is 5.17 Å². The normalized spacial score (nSPS) is 26.4. The highest BCUT2D eigenvalue weighted by Gasteiger charge is 2.30. The molecule has 1 saturated carbocycles. The van der Waals surface area contributed by atoms with Gasteiger partial charge in [0.2, 0.25) is 0 Å². The van der Waals surface area contributed by atoms with E-state index in [2.05, 4.69) is 17.4 Å². The van der Waals surface area contributed by atoms with Gasteiger partial charge in [0, 0.05) is 10.8 Å². The van der Waals surface area contributed by atoms with Crippen LogP contribution in [0.1, 0.15) is 31.2 Å². The Morgan fingerprint density at radius 1 is 1.22 bits per heavy atom. The fourth-order valence-electron chi connectivity index (χ4n) is 2.59. The summed E-state index contributed by atoms with van der Waals surface area (Å²) < 4.78 is 0. The number of halogens is 1. The van der Waals surface area contributed by atoms with E-state index in [1.54, 1.807) is 11.8 Å². The molecule has 4 heteroatoms. The van der Waals surface area contributed by atoms with Crippen molar-refractivity contribution in [3.8, 4) is 0 Å². The Balaban J connectivity index is 1.56. The van der Waals surface area contributed by atoms with E-state index in [4.69, 9.17) is 16.6 Å². The molecule has 0 radical (unpaired) electrons. The zero-order valence-electron chi connectivity index (χ0n) is 10.2. The Bertz CT molecular complexity index is 444. The second-order valence-electron chi connectivity index (χ2n) is 4.95. The van der Waals surface area contributed by atoms with Crippen molar-refractivity contribution >= 4 is 28.5 Å². The maximum atomic E-state index is 5.88. The van der Waals surface area contributed by atoms with Crippen LogP contribution in [0.4, 0.5) is 0 Å². The number of nitrogens with one attached hydrogen (secondary N) is 1. The Morgan fingerprint density at radius 2 is 2.00 bits per heavy atom. The van der Waals surface area contributed by atoms with E-state index in [-0.39, 0.29) is 0 Å². The number of rotatable bonds is 2. The summed E-state index contributed by atoms with van der Waals surface area (Å²) in [7, 11) is 0. The van der Waals surface area contributed by atoms with Gasteiger partial charge < -0.3 is 5.32 Å². The van der Waals surface area contributed by atoms with Crippen LogP contribution in [-0.4, -0.2) is 17.3 Å². The molecule has 0 saturated heterocycles. The quantitative estimate of drug-likeness (QED) is 0.890. The number of nitrogens with zero attached hydrogens (tertiary/aromatic N) is 1. The molecule has 0 aromatic heterocycles. The fraction of sp³-hybridized carbons (Fsp3) is 0.500. The summed E-state index contributed by atoms with van der Waals surface area (Å²) in [6.07, 6.45) is 5.21. The molecule has 2 aliphatic rings. The number of thioether (sulfide) groups is 1. The van der Waals surface area contributed by atoms with Gasteiger partial charge in [0.25, 0.3) is 0 Å². The van der Waals surface area contributed by atoms with Gasteiger partial charge in [-0.1, -0.05) is 48.3 Å². The Kier molecular flexibility index (Phi) is 3.80. The van der Waals surface area contributed by atoms with Gasteiger partial charge in [0.1, 0.15) is 0 Å². The second-order valence-corrected chi connectivity index (χ2v) is 6.35. The lowest BCUT2D eigenvalue weighted by molar-refractivity contribution is 0.385. The topological polar surface area (TPSA) is 24.4 Å². The highest BCUT2D eigenvalue weighted by molar-refractivity contribution is 8.13. The third-order valence-electron chi connectivity index (χ3n) is 3.61. The zero-order chi connectivity index (χ0) is 12.4. The molecular weight excluding hydrogens is 264 g/mol. The lowest BCUT2D eigenvalue weighted by atomic mass is 9.92. The summed E-state index contributed by atoms with van der Waals surface area (Å²) in [5.41, 5.74) is 1.30. The van der Waals surface area contributed by atoms with Crippen molar-refractivity contribution in [2.75, 3.05) is 0 Å². The first-order chi connectivity index (χ1) is 8.81. The van der Waals surface area contributed by atoms with Gasteiger partial charge in [-0.2, -0.15) is 0 Å². The number of fused-ring (bicyclic) bond motifs is 1. The van der Waals surface area contributed by atoms with E-state index in [1.165, 1.54) is 31.2 Å². The van der Waals surface area contributed by atoms with Gasteiger partial charge in [-0.25, -0.2) is 0 Å². The van der Waals surface area contributed by atoms with E-state index >= 15 is 0 Å². The predicted molar refractivity (Wildman–Crippen MR) is 79.4 cm³/mol. The van der Waals surface area contributed by atoms with E-state index in [0.29, 0.717) is 12.1 Å². The van der Waals surface area contributed by atoms with E-state index in [0.717, 1.165) is 15.9 Å². The number of benzene rings is 1. The number of hydrogen-bond donors (Lipinski definition) is 1. The maximum Gasteiger partial charge on any atom is 0.157 e. The lowest BCUT2D eigenvalue weighted by Crippen LogP contribution is -2.36. The first-order valence-corrected chi connectivity index (χ1v) is 7.89. The van der Waals surface area contributed by atoms with Crippen LogP contribution in [0.25, 0.3) is 0 Å². The Morgan fingerprint density at radius 3 is 2.78 bits per heavy atom. The summed E-state index contributed by atoms with van der Waals surface area (Å²) in [5.74, 6) is 0.961. The molecule has 0 spiro atoms. The molecule has 1 heterocycles. The Hall–Kier alpha value is -0.670. The molecule has 0 unspecified atom stereocenters. The minimum Gasteiger partial charge on any atom is -0.360 e. The van der Waals surface area contributed by atoms with Crippen LogP contribution in [0.15, 0.2) is 29.3 Å². The minimum atomic E-state index is 0.534. The van der Waals surface area contributed by atoms with Gasteiger partial charge in [0.05, 0.1) is 12.1 Å². The summed E-state index contributed by atoms with van der Waals surface area (Å²) in [4.78, 5) is 4.79. The molecule has 1 aliphatic carbocycles. The van der Waals surface area contributed by atoms with Crippen molar-refractivity contribution in [1.29, 1.82) is 0 Å². The summed E-state index contributed by atoms with van der Waals surface area (Å²) in [5, 5.41) is 5.49. The average molecular weight is 281 g/mol. The van der Waals surface area contributed by atoms with Gasteiger partial charge >= 0.3 is 0 Å². The standard InChI is InChI=1S/C14H17ClN2S/c15-11-7-5-10(6-8-11)9-18-14-16-12-3-1-2-4-13(12)17-14/h5-8,12-13H,1-4,9H2,(H,16,17)/t12-,13-/m0/s1. The molecule has 0 amide bonds. The third kappa shape index (κ3) is 2.83. The van der Waals surface area contributed by atoms with Crippen LogP contribution >= 0.6 is 23.4 Å². The molecule has 1 N–H and O–H groups in total. The largest absolute Gasteiger partial charge is 0.360 e. The van der Waals surface area contributed by atoms with Crippen molar-refractivity contribution in [3.63, 3.8) is 0 Å². The first-order valence-electron chi connectivity index (χ1n) is 6.53. The molecule has 0 bridgehead atoms. The van der Waals surface area contributed by atoms with Crippen LogP contribution in [-0.2, 0) is 5.75 Å². The zero-order valence-corrected chi connectivity index (χ0v) is 11.8. The molecule has 1 fully saturated rings. The molecule has 1 aliphatic heterocycles. The summed E-state index contributed by atoms with van der Waals surface area (Å²) >= 11 is 7.68. The molecule has 2 nitrogen and oxygen atoms in total. The van der Waals surface area contributed by atoms with Gasteiger partial charge in [-0.3, -0.25) is 4.99 Å². The highest BCUT2D eigenvalue weighted by Crippen LogP contribution is 2.28. The number of aliphatic imine (C=N–C) groups is 1. The molecule has 96 valence electrons. The first kappa shape index (κ1) is 12.4. The maximum absolute atomic E-state index is 5.88. The van der Waals surface area contributed by atoms with Crippen LogP contribution in [0.5, 0.6) is 0 Å². The average Bonchev–Trinajstić information content (AvgIpc) is 2.81. The van der Waals surface area contributed by atoms with E-state index < -0.39 is 0 Å². The Labute approximate surface area is 117 Å². The van der Waals surface area contributed by atoms with Crippen LogP contribution < -0.4 is 5.32 Å². The monoisotopic (exact) mass is 280 g/mol.